The van der Waals surface area contributed by atoms with E-state index in [1.54, 1.807) is 11.3 Å². The van der Waals surface area contributed by atoms with Crippen molar-refractivity contribution in [2.45, 2.75) is 6.92 Å². The summed E-state index contributed by atoms with van der Waals surface area (Å²) in [4.78, 5) is 23.0. The molecule has 27 heavy (non-hydrogen) atoms. The van der Waals surface area contributed by atoms with Crippen LogP contribution in [0.4, 0.5) is 5.69 Å². The lowest BCUT2D eigenvalue weighted by molar-refractivity contribution is 0.518. The molecular weight excluding hydrogens is 356 g/mol. The number of hydrogen-bond acceptors (Lipinski definition) is 4. The third kappa shape index (κ3) is 3.75. The summed E-state index contributed by atoms with van der Waals surface area (Å²) in [5.74, 6) is 0.512. The zero-order valence-electron chi connectivity index (χ0n) is 15.5. The van der Waals surface area contributed by atoms with Crippen molar-refractivity contribution in [1.82, 2.24) is 4.90 Å². The van der Waals surface area contributed by atoms with Gasteiger partial charge in [-0.15, -0.1) is 11.3 Å². The summed E-state index contributed by atoms with van der Waals surface area (Å²) in [6, 6.07) is 11.8. The van der Waals surface area contributed by atoms with Gasteiger partial charge in [0.15, 0.2) is 5.43 Å². The summed E-state index contributed by atoms with van der Waals surface area (Å²) < 4.78 is 2.04. The molecule has 138 valence electrons. The van der Waals surface area contributed by atoms with Gasteiger partial charge >= 0.3 is 0 Å². The Morgan fingerprint density at radius 1 is 1.30 bits per heavy atom. The Morgan fingerprint density at radius 2 is 2.07 bits per heavy atom. The first kappa shape index (κ1) is 18.8. The molecule has 0 saturated carbocycles. The van der Waals surface area contributed by atoms with E-state index in [4.69, 9.17) is 0 Å². The van der Waals surface area contributed by atoms with Crippen LogP contribution in [-0.4, -0.2) is 37.7 Å². The molecule has 0 bridgehead atoms. The first-order valence-corrected chi connectivity index (χ1v) is 9.44. The molecule has 2 aromatic carbocycles. The molecule has 0 fully saturated rings. The fraction of sp³-hybridized carbons (Fsp3) is 0.190. The molecule has 0 spiro atoms. The summed E-state index contributed by atoms with van der Waals surface area (Å²) in [5, 5.41) is 4.91. The van der Waals surface area contributed by atoms with E-state index in [2.05, 4.69) is 34.7 Å². The topological polar surface area (TPSA) is 57.1 Å². The summed E-state index contributed by atoms with van der Waals surface area (Å²) in [7, 11) is 1.89. The van der Waals surface area contributed by atoms with Gasteiger partial charge in [0.2, 0.25) is 5.96 Å². The summed E-state index contributed by atoms with van der Waals surface area (Å²) >= 11 is 1.66. The van der Waals surface area contributed by atoms with Crippen LogP contribution in [0.15, 0.2) is 64.0 Å². The van der Waals surface area contributed by atoms with Crippen molar-refractivity contribution in [2.75, 3.05) is 25.5 Å². The fourth-order valence-corrected chi connectivity index (χ4v) is 4.15. The van der Waals surface area contributed by atoms with Gasteiger partial charge in [-0.2, -0.15) is 0 Å². The van der Waals surface area contributed by atoms with Crippen molar-refractivity contribution in [3.8, 4) is 0 Å². The first-order valence-electron chi connectivity index (χ1n) is 8.62. The number of anilines is 1. The molecule has 0 amide bonds. The van der Waals surface area contributed by atoms with E-state index in [-0.39, 0.29) is 5.43 Å². The molecule has 1 N–H and O–H groups in total. The highest BCUT2D eigenvalue weighted by Gasteiger charge is 2.12. The highest BCUT2D eigenvalue weighted by molar-refractivity contribution is 7.24. The number of likely N-dealkylation sites (N-methyl/N-ethyl adjacent to an activating group) is 1. The van der Waals surface area contributed by atoms with E-state index in [0.717, 1.165) is 31.4 Å². The lowest BCUT2D eigenvalue weighted by atomic mass is 10.1. The molecule has 5 nitrogen and oxygen atoms in total. The van der Waals surface area contributed by atoms with Gasteiger partial charge in [0.1, 0.15) is 0 Å². The number of fused-ring (bicyclic) bond motifs is 2. The van der Waals surface area contributed by atoms with Crippen molar-refractivity contribution in [3.63, 3.8) is 0 Å². The van der Waals surface area contributed by atoms with Crippen molar-refractivity contribution < 1.29 is 0 Å². The zero-order valence-corrected chi connectivity index (χ0v) is 16.3. The number of hydrogen-bond donors (Lipinski definition) is 1. The molecule has 0 aliphatic heterocycles. The molecule has 0 radical (unpaired) electrons. The van der Waals surface area contributed by atoms with Crippen LogP contribution in [0.2, 0.25) is 0 Å². The first-order chi connectivity index (χ1) is 13.1. The van der Waals surface area contributed by atoms with Gasteiger partial charge in [0.25, 0.3) is 0 Å². The van der Waals surface area contributed by atoms with Gasteiger partial charge in [0, 0.05) is 46.8 Å². The molecule has 0 unspecified atom stereocenters. The van der Waals surface area contributed by atoms with Crippen LogP contribution in [0.5, 0.6) is 0 Å². The second-order valence-electron chi connectivity index (χ2n) is 6.18. The summed E-state index contributed by atoms with van der Waals surface area (Å²) in [5.41, 5.74) is 2.03. The monoisotopic (exact) mass is 378 g/mol. The van der Waals surface area contributed by atoms with Gasteiger partial charge in [-0.1, -0.05) is 24.8 Å². The Morgan fingerprint density at radius 3 is 2.81 bits per heavy atom. The van der Waals surface area contributed by atoms with Crippen molar-refractivity contribution in [3.05, 3.63) is 65.0 Å². The maximum atomic E-state index is 13.1. The van der Waals surface area contributed by atoms with Gasteiger partial charge in [-0.3, -0.25) is 4.79 Å². The number of nitrogens with zero attached hydrogens (tertiary/aromatic N) is 3. The fourth-order valence-electron chi connectivity index (χ4n) is 2.98. The van der Waals surface area contributed by atoms with E-state index in [1.165, 1.54) is 6.20 Å². The number of aliphatic imine (C=N–C) groups is 2. The Labute approximate surface area is 162 Å². The van der Waals surface area contributed by atoms with Gasteiger partial charge < -0.3 is 10.2 Å². The highest BCUT2D eigenvalue weighted by Crippen LogP contribution is 2.31. The van der Waals surface area contributed by atoms with Crippen LogP contribution in [0.25, 0.3) is 20.2 Å². The van der Waals surface area contributed by atoms with Crippen molar-refractivity contribution in [2.24, 2.45) is 9.98 Å². The van der Waals surface area contributed by atoms with Crippen LogP contribution in [0.3, 0.4) is 0 Å². The van der Waals surface area contributed by atoms with Crippen LogP contribution in [0, 0.1) is 6.92 Å². The Kier molecular flexibility index (Phi) is 5.66. The predicted molar refractivity (Wildman–Crippen MR) is 119 cm³/mol. The van der Waals surface area contributed by atoms with Crippen molar-refractivity contribution in [1.29, 1.82) is 0 Å². The Hall–Kier alpha value is -2.99. The van der Waals surface area contributed by atoms with Crippen LogP contribution < -0.4 is 10.7 Å². The summed E-state index contributed by atoms with van der Waals surface area (Å²) in [6.45, 7) is 10.4. The smallest absolute Gasteiger partial charge is 0.224 e. The minimum absolute atomic E-state index is 0.0700. The van der Waals surface area contributed by atoms with Gasteiger partial charge in [0.05, 0.1) is 5.39 Å². The second-order valence-corrected chi connectivity index (χ2v) is 7.23. The largest absolute Gasteiger partial charge is 0.383 e. The zero-order chi connectivity index (χ0) is 19.4. The third-order valence-electron chi connectivity index (χ3n) is 4.38. The second kappa shape index (κ2) is 8.14. The SMILES string of the molecule is C=CN=C(N=C)N(C)CCNc1ccc(C)c2sc3ccccc3c(=O)c12. The molecule has 0 atom stereocenters. The molecule has 3 aromatic rings. The number of aryl methyl sites for hydroxylation is 1. The lowest BCUT2D eigenvalue weighted by Crippen LogP contribution is -2.30. The number of guanidine groups is 1. The maximum absolute atomic E-state index is 13.1. The van der Waals surface area contributed by atoms with E-state index in [9.17, 15) is 4.79 Å². The van der Waals surface area contributed by atoms with Crippen molar-refractivity contribution >= 4 is 49.9 Å². The Balaban J connectivity index is 1.94. The summed E-state index contributed by atoms with van der Waals surface area (Å²) in [6.07, 6.45) is 1.44. The van der Waals surface area contributed by atoms with E-state index in [1.807, 2.05) is 49.2 Å². The van der Waals surface area contributed by atoms with Crippen LogP contribution in [-0.2, 0) is 0 Å². The molecular formula is C21H22N4OS. The average Bonchev–Trinajstić information content (AvgIpc) is 2.68. The number of benzene rings is 2. The molecule has 1 aromatic heterocycles. The molecule has 6 heteroatoms. The quantitative estimate of drug-likeness (QED) is 0.410. The minimum atomic E-state index is 0.0700. The van der Waals surface area contributed by atoms with Gasteiger partial charge in [-0.05, 0) is 37.4 Å². The lowest BCUT2D eigenvalue weighted by Gasteiger charge is -2.18. The van der Waals surface area contributed by atoms with E-state index in [0.29, 0.717) is 19.0 Å². The molecule has 3 rings (SSSR count). The minimum Gasteiger partial charge on any atom is -0.383 e. The van der Waals surface area contributed by atoms with Crippen LogP contribution in [0.1, 0.15) is 5.56 Å². The molecule has 0 aliphatic carbocycles. The standard InChI is InChI=1S/C21H22N4OS/c1-5-23-21(22-3)25(4)13-12-24-16-11-10-14(2)20-18(16)19(26)15-8-6-7-9-17(15)27-20/h5-11,24H,1,3,12-13H2,2,4H3. The molecule has 0 saturated heterocycles. The van der Waals surface area contributed by atoms with Crippen LogP contribution >= 0.6 is 11.3 Å². The number of nitrogens with one attached hydrogen (secondary N) is 1. The molecule has 1 heterocycles. The normalized spacial score (nSPS) is 11.6. The van der Waals surface area contributed by atoms with E-state index < -0.39 is 0 Å². The van der Waals surface area contributed by atoms with E-state index >= 15 is 0 Å². The molecule has 0 aliphatic rings. The predicted octanol–water partition coefficient (Wildman–Crippen LogP) is 4.27. The number of rotatable bonds is 5. The third-order valence-corrected chi connectivity index (χ3v) is 5.68. The average molecular weight is 379 g/mol. The maximum Gasteiger partial charge on any atom is 0.224 e. The highest BCUT2D eigenvalue weighted by atomic mass is 32.1. The Bertz CT molecular complexity index is 1100. The van der Waals surface area contributed by atoms with Gasteiger partial charge in [-0.25, -0.2) is 9.98 Å².